The second-order valence-electron chi connectivity index (χ2n) is 4.44. The molecule has 8 heteroatoms. The fourth-order valence-electron chi connectivity index (χ4n) is 1.86. The average Bonchev–Trinajstić information content (AvgIpc) is 3.10. The molecule has 0 radical (unpaired) electrons. The predicted octanol–water partition coefficient (Wildman–Crippen LogP) is 3.02. The van der Waals surface area contributed by atoms with Crippen molar-refractivity contribution >= 4 is 29.2 Å². The molecule has 0 heterocycles. The van der Waals surface area contributed by atoms with E-state index in [1.54, 1.807) is 0 Å². The van der Waals surface area contributed by atoms with Gasteiger partial charge in [-0.05, 0) is 18.6 Å². The topological polar surface area (TPSA) is 66.4 Å². The lowest BCUT2D eigenvalue weighted by molar-refractivity contribution is -0.140. The number of carbonyl (C=O) groups excluding carboxylic acids is 1. The Labute approximate surface area is 116 Å². The lowest BCUT2D eigenvalue weighted by Crippen LogP contribution is -2.20. The summed E-state index contributed by atoms with van der Waals surface area (Å²) in [6, 6.07) is 3.13. The van der Waals surface area contributed by atoms with Crippen LogP contribution in [0, 0.1) is 11.8 Å². The number of anilines is 1. The van der Waals surface area contributed by atoms with Crippen molar-refractivity contribution in [1.82, 2.24) is 0 Å². The summed E-state index contributed by atoms with van der Waals surface area (Å²) in [4.78, 5) is 22.4. The summed E-state index contributed by atoms with van der Waals surface area (Å²) in [5.41, 5.74) is -1.60. The van der Waals surface area contributed by atoms with Crippen molar-refractivity contribution in [3.8, 4) is 0 Å². The standard InChI is InChI=1S/C12H9ClF3NO3/c13-8-3-1-2-7(12(14,15)16)9(8)17-10(18)5-4-6(5)11(19)20/h1-3,5-6H,4H2,(H,17,18)(H,19,20)/t5-,6+/m1/s1. The molecule has 1 saturated carbocycles. The van der Waals surface area contributed by atoms with Crippen LogP contribution in [-0.4, -0.2) is 17.0 Å². The van der Waals surface area contributed by atoms with Crippen molar-refractivity contribution in [3.63, 3.8) is 0 Å². The molecule has 2 N–H and O–H groups in total. The van der Waals surface area contributed by atoms with E-state index in [-0.39, 0.29) is 11.4 Å². The van der Waals surface area contributed by atoms with Gasteiger partial charge in [0.25, 0.3) is 0 Å². The Bertz CT molecular complexity index is 574. The number of hydrogen-bond donors (Lipinski definition) is 2. The monoisotopic (exact) mass is 307 g/mol. The van der Waals surface area contributed by atoms with Crippen molar-refractivity contribution in [3.05, 3.63) is 28.8 Å². The zero-order valence-corrected chi connectivity index (χ0v) is 10.6. The van der Waals surface area contributed by atoms with Gasteiger partial charge in [-0.15, -0.1) is 0 Å². The van der Waals surface area contributed by atoms with Crippen LogP contribution in [0.25, 0.3) is 0 Å². The highest BCUT2D eigenvalue weighted by Gasteiger charge is 2.48. The molecule has 20 heavy (non-hydrogen) atoms. The number of benzene rings is 1. The number of aliphatic carboxylic acids is 1. The summed E-state index contributed by atoms with van der Waals surface area (Å²) >= 11 is 5.67. The Morgan fingerprint density at radius 3 is 2.45 bits per heavy atom. The molecule has 1 aliphatic carbocycles. The van der Waals surface area contributed by atoms with E-state index in [9.17, 15) is 22.8 Å². The molecule has 0 spiro atoms. The Hall–Kier alpha value is -1.76. The predicted molar refractivity (Wildman–Crippen MR) is 64.3 cm³/mol. The van der Waals surface area contributed by atoms with Gasteiger partial charge in [-0.2, -0.15) is 13.2 Å². The number of alkyl halides is 3. The minimum atomic E-state index is -4.66. The molecule has 0 bridgehead atoms. The van der Waals surface area contributed by atoms with E-state index >= 15 is 0 Å². The number of amides is 1. The zero-order chi connectivity index (χ0) is 15.1. The third kappa shape index (κ3) is 2.87. The summed E-state index contributed by atoms with van der Waals surface area (Å²) in [6.07, 6.45) is -4.55. The van der Waals surface area contributed by atoms with Gasteiger partial charge in [-0.3, -0.25) is 9.59 Å². The van der Waals surface area contributed by atoms with Gasteiger partial charge in [-0.25, -0.2) is 0 Å². The van der Waals surface area contributed by atoms with Crippen LogP contribution >= 0.6 is 11.6 Å². The number of rotatable bonds is 3. The maximum absolute atomic E-state index is 12.8. The van der Waals surface area contributed by atoms with Gasteiger partial charge < -0.3 is 10.4 Å². The molecule has 1 fully saturated rings. The maximum atomic E-state index is 12.8. The third-order valence-electron chi connectivity index (χ3n) is 3.01. The Balaban J connectivity index is 2.22. The van der Waals surface area contributed by atoms with Crippen molar-refractivity contribution in [2.75, 3.05) is 5.32 Å². The van der Waals surface area contributed by atoms with E-state index in [2.05, 4.69) is 5.32 Å². The van der Waals surface area contributed by atoms with E-state index in [0.717, 1.165) is 12.1 Å². The minimum Gasteiger partial charge on any atom is -0.481 e. The molecular weight excluding hydrogens is 299 g/mol. The van der Waals surface area contributed by atoms with Crippen LogP contribution in [0.15, 0.2) is 18.2 Å². The first-order chi connectivity index (χ1) is 9.21. The number of carbonyl (C=O) groups is 2. The van der Waals surface area contributed by atoms with Crippen LogP contribution in [0.5, 0.6) is 0 Å². The molecule has 108 valence electrons. The Kier molecular flexibility index (Phi) is 3.64. The average molecular weight is 308 g/mol. The van der Waals surface area contributed by atoms with Crippen molar-refractivity contribution in [2.45, 2.75) is 12.6 Å². The molecule has 1 aromatic rings. The molecule has 2 atom stereocenters. The normalized spacial score (nSPS) is 21.4. The molecule has 2 rings (SSSR count). The highest BCUT2D eigenvalue weighted by atomic mass is 35.5. The first-order valence-corrected chi connectivity index (χ1v) is 5.99. The number of carboxylic acid groups (broad SMARTS) is 1. The maximum Gasteiger partial charge on any atom is 0.418 e. The van der Waals surface area contributed by atoms with Gasteiger partial charge in [0.2, 0.25) is 5.91 Å². The van der Waals surface area contributed by atoms with Gasteiger partial charge in [0.15, 0.2) is 0 Å². The van der Waals surface area contributed by atoms with E-state index in [1.807, 2.05) is 0 Å². The quantitative estimate of drug-likeness (QED) is 0.902. The van der Waals surface area contributed by atoms with Gasteiger partial charge in [0.05, 0.1) is 28.1 Å². The summed E-state index contributed by atoms with van der Waals surface area (Å²) in [7, 11) is 0. The number of nitrogens with one attached hydrogen (secondary N) is 1. The second-order valence-corrected chi connectivity index (χ2v) is 4.84. The van der Waals surface area contributed by atoms with Crippen LogP contribution < -0.4 is 5.32 Å². The summed E-state index contributed by atoms with van der Waals surface area (Å²) in [6.45, 7) is 0. The lowest BCUT2D eigenvalue weighted by Gasteiger charge is -2.15. The van der Waals surface area contributed by atoms with E-state index in [0.29, 0.717) is 0 Å². The fraction of sp³-hybridized carbons (Fsp3) is 0.333. The van der Waals surface area contributed by atoms with Crippen LogP contribution in [0.1, 0.15) is 12.0 Å². The third-order valence-corrected chi connectivity index (χ3v) is 3.33. The first-order valence-electron chi connectivity index (χ1n) is 5.61. The Morgan fingerprint density at radius 2 is 1.95 bits per heavy atom. The van der Waals surface area contributed by atoms with Gasteiger partial charge in [0, 0.05) is 0 Å². The number of para-hydroxylation sites is 1. The molecule has 0 aliphatic heterocycles. The summed E-state index contributed by atoms with van der Waals surface area (Å²) in [5, 5.41) is 10.5. The van der Waals surface area contributed by atoms with Crippen LogP contribution in [0.4, 0.5) is 18.9 Å². The second kappa shape index (κ2) is 4.97. The van der Waals surface area contributed by atoms with Crippen LogP contribution in [0.2, 0.25) is 5.02 Å². The summed E-state index contributed by atoms with van der Waals surface area (Å²) in [5.74, 6) is -3.56. The zero-order valence-electron chi connectivity index (χ0n) is 9.87. The van der Waals surface area contributed by atoms with Crippen molar-refractivity contribution < 1.29 is 27.9 Å². The van der Waals surface area contributed by atoms with Crippen molar-refractivity contribution in [2.24, 2.45) is 11.8 Å². The largest absolute Gasteiger partial charge is 0.481 e. The molecule has 0 saturated heterocycles. The van der Waals surface area contributed by atoms with Gasteiger partial charge in [0.1, 0.15) is 0 Å². The Morgan fingerprint density at radius 1 is 1.30 bits per heavy atom. The molecule has 1 aliphatic rings. The molecule has 0 aromatic heterocycles. The number of hydrogen-bond acceptors (Lipinski definition) is 2. The first kappa shape index (κ1) is 14.6. The molecule has 1 aromatic carbocycles. The smallest absolute Gasteiger partial charge is 0.418 e. The highest BCUT2D eigenvalue weighted by molar-refractivity contribution is 6.34. The van der Waals surface area contributed by atoms with E-state index < -0.39 is 41.1 Å². The molecule has 1 amide bonds. The lowest BCUT2D eigenvalue weighted by atomic mass is 10.1. The molecular formula is C12H9ClF3NO3. The van der Waals surface area contributed by atoms with Crippen molar-refractivity contribution in [1.29, 1.82) is 0 Å². The number of halogens is 4. The van der Waals surface area contributed by atoms with E-state index in [4.69, 9.17) is 16.7 Å². The minimum absolute atomic E-state index is 0.118. The number of carboxylic acids is 1. The van der Waals surface area contributed by atoms with Gasteiger partial charge in [-0.1, -0.05) is 17.7 Å². The van der Waals surface area contributed by atoms with Crippen LogP contribution in [-0.2, 0) is 15.8 Å². The molecule has 0 unspecified atom stereocenters. The van der Waals surface area contributed by atoms with Crippen LogP contribution in [0.3, 0.4) is 0 Å². The van der Waals surface area contributed by atoms with E-state index in [1.165, 1.54) is 6.07 Å². The highest BCUT2D eigenvalue weighted by Crippen LogP contribution is 2.42. The fourth-order valence-corrected chi connectivity index (χ4v) is 2.08. The SMILES string of the molecule is O=C(O)[C@H]1C[C@H]1C(=O)Nc1c(Cl)cccc1C(F)(F)F. The van der Waals surface area contributed by atoms with Gasteiger partial charge >= 0.3 is 12.1 Å². The molecule has 4 nitrogen and oxygen atoms in total. The summed E-state index contributed by atoms with van der Waals surface area (Å²) < 4.78 is 38.4.